The van der Waals surface area contributed by atoms with Crippen molar-refractivity contribution < 1.29 is 4.79 Å². The van der Waals surface area contributed by atoms with Gasteiger partial charge in [0.05, 0.1) is 12.1 Å². The topological polar surface area (TPSA) is 59.4 Å². The third-order valence-corrected chi connectivity index (χ3v) is 4.42. The first kappa shape index (κ1) is 17.9. The highest BCUT2D eigenvalue weighted by molar-refractivity contribution is 5.81. The highest BCUT2D eigenvalue weighted by atomic mass is 16.2. The number of piperazine rings is 1. The number of hydrogen-bond acceptors (Lipinski definition) is 4. The van der Waals surface area contributed by atoms with E-state index in [2.05, 4.69) is 35.0 Å². The number of amides is 1. The quantitative estimate of drug-likeness (QED) is 0.808. The lowest BCUT2D eigenvalue weighted by atomic mass is 10.0. The molecule has 0 aromatic heterocycles. The van der Waals surface area contributed by atoms with Crippen LogP contribution in [0.15, 0.2) is 0 Å². The van der Waals surface area contributed by atoms with Crippen molar-refractivity contribution in [3.8, 4) is 6.07 Å². The second kappa shape index (κ2) is 7.77. The molecule has 5 nitrogen and oxygen atoms in total. The van der Waals surface area contributed by atoms with E-state index in [1.165, 1.54) is 0 Å². The maximum Gasteiger partial charge on any atom is 0.237 e. The summed E-state index contributed by atoms with van der Waals surface area (Å²) in [5.41, 5.74) is -0.423. The van der Waals surface area contributed by atoms with Crippen LogP contribution in [0.3, 0.4) is 0 Å². The molecule has 2 unspecified atom stereocenters. The van der Waals surface area contributed by atoms with Gasteiger partial charge in [-0.25, -0.2) is 0 Å². The van der Waals surface area contributed by atoms with Crippen molar-refractivity contribution in [3.05, 3.63) is 0 Å². The third-order valence-electron chi connectivity index (χ3n) is 4.42. The Hall–Kier alpha value is -1.12. The van der Waals surface area contributed by atoms with Gasteiger partial charge in [-0.3, -0.25) is 14.6 Å². The molecule has 1 amide bonds. The van der Waals surface area contributed by atoms with Crippen LogP contribution in [0.2, 0.25) is 0 Å². The number of nitriles is 1. The van der Waals surface area contributed by atoms with E-state index in [0.717, 1.165) is 39.0 Å². The lowest BCUT2D eigenvalue weighted by Gasteiger charge is -2.42. The summed E-state index contributed by atoms with van der Waals surface area (Å²) in [6, 6.07) is 2.49. The van der Waals surface area contributed by atoms with E-state index in [1.807, 2.05) is 20.8 Å². The van der Waals surface area contributed by atoms with Crippen molar-refractivity contribution in [1.29, 1.82) is 5.26 Å². The summed E-state index contributed by atoms with van der Waals surface area (Å²) in [5, 5.41) is 12.3. The van der Waals surface area contributed by atoms with Gasteiger partial charge in [0.1, 0.15) is 5.54 Å². The van der Waals surface area contributed by atoms with Crippen LogP contribution in [0.5, 0.6) is 0 Å². The first-order valence-electron chi connectivity index (χ1n) is 8.02. The number of nitrogens with zero attached hydrogens (tertiary/aromatic N) is 3. The molecule has 0 aromatic rings. The molecular weight excluding hydrogens is 264 g/mol. The summed E-state index contributed by atoms with van der Waals surface area (Å²) >= 11 is 0. The number of hydrogen-bond donors (Lipinski definition) is 1. The minimum atomic E-state index is -0.423. The zero-order valence-corrected chi connectivity index (χ0v) is 14.1. The Morgan fingerprint density at radius 1 is 1.29 bits per heavy atom. The van der Waals surface area contributed by atoms with E-state index in [1.54, 1.807) is 0 Å². The Balaban J connectivity index is 2.47. The number of rotatable bonds is 6. The maximum atomic E-state index is 12.2. The Bertz CT molecular complexity index is 380. The van der Waals surface area contributed by atoms with Gasteiger partial charge in [-0.1, -0.05) is 13.3 Å². The van der Waals surface area contributed by atoms with E-state index in [4.69, 9.17) is 0 Å². The molecule has 0 aliphatic carbocycles. The maximum absolute atomic E-state index is 12.2. The molecule has 0 radical (unpaired) electrons. The van der Waals surface area contributed by atoms with E-state index >= 15 is 0 Å². The van der Waals surface area contributed by atoms with Crippen LogP contribution in [0.25, 0.3) is 0 Å². The standard InChI is InChI=1S/C16H30N4O/c1-6-7-13(2)18-15(21)14(3)19-8-10-20(11-9-19)16(4,5)12-17/h13-14H,6-11H2,1-5H3,(H,18,21). The van der Waals surface area contributed by atoms with Crippen molar-refractivity contribution in [2.75, 3.05) is 26.2 Å². The van der Waals surface area contributed by atoms with Crippen molar-refractivity contribution in [2.24, 2.45) is 0 Å². The summed E-state index contributed by atoms with van der Waals surface area (Å²) in [6.45, 7) is 13.4. The summed E-state index contributed by atoms with van der Waals surface area (Å²) < 4.78 is 0. The van der Waals surface area contributed by atoms with Gasteiger partial charge >= 0.3 is 0 Å². The zero-order chi connectivity index (χ0) is 16.0. The fraction of sp³-hybridized carbons (Fsp3) is 0.875. The molecule has 0 saturated carbocycles. The Kier molecular flexibility index (Phi) is 6.63. The predicted molar refractivity (Wildman–Crippen MR) is 84.8 cm³/mol. The Morgan fingerprint density at radius 2 is 1.86 bits per heavy atom. The van der Waals surface area contributed by atoms with Crippen LogP contribution in [0.4, 0.5) is 0 Å². The van der Waals surface area contributed by atoms with E-state index in [9.17, 15) is 10.1 Å². The lowest BCUT2D eigenvalue weighted by Crippen LogP contribution is -2.58. The molecule has 0 spiro atoms. The van der Waals surface area contributed by atoms with Gasteiger partial charge in [0.25, 0.3) is 0 Å². The van der Waals surface area contributed by atoms with E-state index in [-0.39, 0.29) is 18.0 Å². The second-order valence-electron chi connectivity index (χ2n) is 6.57. The van der Waals surface area contributed by atoms with Crippen molar-refractivity contribution in [1.82, 2.24) is 15.1 Å². The number of carbonyl (C=O) groups excluding carboxylic acids is 1. The monoisotopic (exact) mass is 294 g/mol. The molecule has 2 atom stereocenters. The van der Waals surface area contributed by atoms with Crippen LogP contribution in [0.1, 0.15) is 47.5 Å². The number of carbonyl (C=O) groups is 1. The smallest absolute Gasteiger partial charge is 0.237 e. The fourth-order valence-electron chi connectivity index (χ4n) is 2.77. The second-order valence-corrected chi connectivity index (χ2v) is 6.57. The highest BCUT2D eigenvalue weighted by Gasteiger charge is 2.32. The van der Waals surface area contributed by atoms with Gasteiger partial charge in [0, 0.05) is 32.2 Å². The Morgan fingerprint density at radius 3 is 2.33 bits per heavy atom. The SMILES string of the molecule is CCCC(C)NC(=O)C(C)N1CCN(C(C)(C)C#N)CC1. The molecule has 1 fully saturated rings. The normalized spacial score (nSPS) is 20.6. The predicted octanol–water partition coefficient (Wildman–Crippen LogP) is 1.60. The molecule has 1 rings (SSSR count). The van der Waals surface area contributed by atoms with Crippen LogP contribution < -0.4 is 5.32 Å². The molecular formula is C16H30N4O. The van der Waals surface area contributed by atoms with Gasteiger partial charge in [0.2, 0.25) is 5.91 Å². The van der Waals surface area contributed by atoms with Gasteiger partial charge in [-0.15, -0.1) is 0 Å². The molecule has 1 saturated heterocycles. The minimum Gasteiger partial charge on any atom is -0.352 e. The molecule has 1 aliphatic heterocycles. The largest absolute Gasteiger partial charge is 0.352 e. The van der Waals surface area contributed by atoms with Gasteiger partial charge < -0.3 is 5.32 Å². The van der Waals surface area contributed by atoms with Crippen molar-refractivity contribution in [3.63, 3.8) is 0 Å². The van der Waals surface area contributed by atoms with E-state index < -0.39 is 5.54 Å². The zero-order valence-electron chi connectivity index (χ0n) is 14.1. The average Bonchev–Trinajstić information content (AvgIpc) is 2.46. The lowest BCUT2D eigenvalue weighted by molar-refractivity contribution is -0.127. The average molecular weight is 294 g/mol. The highest BCUT2D eigenvalue weighted by Crippen LogP contribution is 2.17. The summed E-state index contributed by atoms with van der Waals surface area (Å²) in [4.78, 5) is 16.6. The third kappa shape index (κ3) is 4.98. The van der Waals surface area contributed by atoms with Crippen molar-refractivity contribution in [2.45, 2.75) is 65.1 Å². The summed E-state index contributed by atoms with van der Waals surface area (Å²) in [5.74, 6) is 0.115. The van der Waals surface area contributed by atoms with Crippen LogP contribution >= 0.6 is 0 Å². The molecule has 0 bridgehead atoms. The molecule has 0 aromatic carbocycles. The molecule has 1 aliphatic rings. The summed E-state index contributed by atoms with van der Waals surface area (Å²) in [7, 11) is 0. The minimum absolute atomic E-state index is 0.100. The molecule has 1 heterocycles. The first-order chi connectivity index (χ1) is 9.81. The van der Waals surface area contributed by atoms with E-state index in [0.29, 0.717) is 0 Å². The fourth-order valence-corrected chi connectivity index (χ4v) is 2.77. The Labute approximate surface area is 129 Å². The van der Waals surface area contributed by atoms with Gasteiger partial charge in [0.15, 0.2) is 0 Å². The van der Waals surface area contributed by atoms with Crippen LogP contribution in [-0.2, 0) is 4.79 Å². The van der Waals surface area contributed by atoms with Crippen molar-refractivity contribution >= 4 is 5.91 Å². The van der Waals surface area contributed by atoms with Crippen LogP contribution in [-0.4, -0.2) is 59.5 Å². The molecule has 120 valence electrons. The molecule has 1 N–H and O–H groups in total. The molecule has 21 heavy (non-hydrogen) atoms. The summed E-state index contributed by atoms with van der Waals surface area (Å²) in [6.07, 6.45) is 2.10. The molecule has 5 heteroatoms. The number of nitrogens with one attached hydrogen (secondary N) is 1. The van der Waals surface area contributed by atoms with Gasteiger partial charge in [-0.2, -0.15) is 5.26 Å². The first-order valence-corrected chi connectivity index (χ1v) is 8.02. The van der Waals surface area contributed by atoms with Gasteiger partial charge in [-0.05, 0) is 34.1 Å². The van der Waals surface area contributed by atoms with Crippen LogP contribution in [0, 0.1) is 11.3 Å².